The van der Waals surface area contributed by atoms with Crippen LogP contribution in [0.1, 0.15) is 15.9 Å². The van der Waals surface area contributed by atoms with Gasteiger partial charge in [-0.3, -0.25) is 14.9 Å². The Morgan fingerprint density at radius 2 is 2.00 bits per heavy atom. The van der Waals surface area contributed by atoms with Gasteiger partial charge >= 0.3 is 0 Å². The number of amides is 1. The van der Waals surface area contributed by atoms with Gasteiger partial charge < -0.3 is 14.4 Å². The minimum atomic E-state index is -0.485. The second-order valence-electron chi connectivity index (χ2n) is 5.94. The third-order valence-electron chi connectivity index (χ3n) is 4.04. The van der Waals surface area contributed by atoms with Crippen LogP contribution >= 0.6 is 0 Å². The van der Waals surface area contributed by atoms with E-state index in [1.807, 2.05) is 24.3 Å². The zero-order valence-electron chi connectivity index (χ0n) is 14.0. The molecule has 0 N–H and O–H groups in total. The molecule has 0 aliphatic carbocycles. The predicted molar refractivity (Wildman–Crippen MR) is 91.1 cm³/mol. The van der Waals surface area contributed by atoms with Gasteiger partial charge in [-0.2, -0.15) is 0 Å². The molecule has 0 fully saturated rings. The largest absolute Gasteiger partial charge is 0.486 e. The number of carbonyl (C=O) groups is 1. The van der Waals surface area contributed by atoms with Gasteiger partial charge in [0.1, 0.15) is 6.61 Å². The zero-order chi connectivity index (χ0) is 18.0. The summed E-state index contributed by atoms with van der Waals surface area (Å²) in [6.07, 6.45) is -0.302. The molecule has 1 aliphatic rings. The second-order valence-corrected chi connectivity index (χ2v) is 5.94. The van der Waals surface area contributed by atoms with Crippen LogP contribution in [0, 0.1) is 17.0 Å². The molecule has 7 heteroatoms. The quantitative estimate of drug-likeness (QED) is 0.630. The van der Waals surface area contributed by atoms with E-state index in [2.05, 4.69) is 0 Å². The van der Waals surface area contributed by atoms with Crippen LogP contribution in [0.15, 0.2) is 42.5 Å². The van der Waals surface area contributed by atoms with Gasteiger partial charge in [-0.15, -0.1) is 0 Å². The number of aryl methyl sites for hydroxylation is 1. The number of hydrogen-bond donors (Lipinski definition) is 0. The number of nitrogens with zero attached hydrogens (tertiary/aromatic N) is 2. The highest BCUT2D eigenvalue weighted by molar-refractivity contribution is 5.94. The maximum absolute atomic E-state index is 12.6. The molecule has 0 aromatic heterocycles. The molecular weight excluding hydrogens is 324 g/mol. The second kappa shape index (κ2) is 6.80. The topological polar surface area (TPSA) is 81.9 Å². The molecule has 0 radical (unpaired) electrons. The molecule has 0 spiro atoms. The summed E-state index contributed by atoms with van der Waals surface area (Å²) in [4.78, 5) is 24.6. The molecule has 25 heavy (non-hydrogen) atoms. The molecule has 1 amide bonds. The summed E-state index contributed by atoms with van der Waals surface area (Å²) < 4.78 is 11.5. The Morgan fingerprint density at radius 1 is 1.28 bits per heavy atom. The Labute approximate surface area is 144 Å². The van der Waals surface area contributed by atoms with E-state index in [1.165, 1.54) is 11.0 Å². The number of hydrogen-bond acceptors (Lipinski definition) is 5. The van der Waals surface area contributed by atoms with Gasteiger partial charge in [0.15, 0.2) is 17.6 Å². The molecule has 0 unspecified atom stereocenters. The number of ether oxygens (including phenoxy) is 2. The maximum atomic E-state index is 12.6. The van der Waals surface area contributed by atoms with Gasteiger partial charge in [-0.25, -0.2) is 0 Å². The van der Waals surface area contributed by atoms with Gasteiger partial charge in [0.2, 0.25) is 0 Å². The molecule has 0 saturated carbocycles. The third kappa shape index (κ3) is 3.55. The molecule has 1 heterocycles. The van der Waals surface area contributed by atoms with Crippen molar-refractivity contribution in [1.29, 1.82) is 0 Å². The molecule has 2 aromatic rings. The minimum absolute atomic E-state index is 0.0644. The number of rotatable bonds is 4. The molecule has 0 saturated heterocycles. The summed E-state index contributed by atoms with van der Waals surface area (Å²) in [5, 5.41) is 11.0. The lowest BCUT2D eigenvalue weighted by molar-refractivity contribution is -0.385. The number of fused-ring (bicyclic) bond motifs is 1. The molecule has 130 valence electrons. The molecule has 7 nitrogen and oxygen atoms in total. The fourth-order valence-electron chi connectivity index (χ4n) is 2.70. The summed E-state index contributed by atoms with van der Waals surface area (Å²) in [6.45, 7) is 2.29. The smallest absolute Gasteiger partial charge is 0.273 e. The van der Waals surface area contributed by atoms with E-state index >= 15 is 0 Å². The average molecular weight is 342 g/mol. The molecule has 0 bridgehead atoms. The summed E-state index contributed by atoms with van der Waals surface area (Å²) in [6, 6.07) is 11.8. The van der Waals surface area contributed by atoms with Gasteiger partial charge in [-0.05, 0) is 25.1 Å². The molecule has 1 aliphatic heterocycles. The Morgan fingerprint density at radius 3 is 2.72 bits per heavy atom. The number of para-hydroxylation sites is 2. The minimum Gasteiger partial charge on any atom is -0.486 e. The molecule has 3 rings (SSSR count). The van der Waals surface area contributed by atoms with E-state index in [0.717, 1.165) is 0 Å². The van der Waals surface area contributed by atoms with Crippen molar-refractivity contribution in [2.45, 2.75) is 13.0 Å². The van der Waals surface area contributed by atoms with E-state index in [-0.39, 0.29) is 23.3 Å². The first-order valence-corrected chi connectivity index (χ1v) is 7.84. The highest BCUT2D eigenvalue weighted by Crippen LogP contribution is 2.31. The van der Waals surface area contributed by atoms with Crippen LogP contribution < -0.4 is 9.47 Å². The Hall–Kier alpha value is -3.09. The highest BCUT2D eigenvalue weighted by Gasteiger charge is 2.25. The van der Waals surface area contributed by atoms with Crippen molar-refractivity contribution in [3.8, 4) is 11.5 Å². The van der Waals surface area contributed by atoms with Crippen molar-refractivity contribution in [1.82, 2.24) is 4.90 Å². The average Bonchev–Trinajstić information content (AvgIpc) is 2.61. The van der Waals surface area contributed by atoms with Crippen molar-refractivity contribution >= 4 is 11.6 Å². The van der Waals surface area contributed by atoms with Crippen LogP contribution in [0.4, 0.5) is 5.69 Å². The van der Waals surface area contributed by atoms with Crippen LogP contribution in [0.2, 0.25) is 0 Å². The lowest BCUT2D eigenvalue weighted by Gasteiger charge is -2.29. The van der Waals surface area contributed by atoms with Crippen molar-refractivity contribution in [2.75, 3.05) is 20.2 Å². The fourth-order valence-corrected chi connectivity index (χ4v) is 2.70. The van der Waals surface area contributed by atoms with Crippen LogP contribution in [-0.4, -0.2) is 42.0 Å². The van der Waals surface area contributed by atoms with Gasteiger partial charge in [0.25, 0.3) is 11.6 Å². The van der Waals surface area contributed by atoms with Crippen LogP contribution in [0.25, 0.3) is 0 Å². The first kappa shape index (κ1) is 16.8. The standard InChI is InChI=1S/C18H18N2O5/c1-12-7-8-13(9-15(12)20(22)23)18(21)19(2)10-14-11-24-16-5-3-4-6-17(16)25-14/h3-9,14H,10-11H2,1-2H3/t14-/m0/s1. The first-order valence-electron chi connectivity index (χ1n) is 7.84. The number of likely N-dealkylation sites (N-methyl/N-ethyl adjacent to an activating group) is 1. The Balaban J connectivity index is 1.69. The molecule has 1 atom stereocenters. The normalized spacial score (nSPS) is 15.5. The van der Waals surface area contributed by atoms with E-state index < -0.39 is 4.92 Å². The van der Waals surface area contributed by atoms with Gasteiger partial charge in [-0.1, -0.05) is 18.2 Å². The van der Waals surface area contributed by atoms with E-state index in [1.54, 1.807) is 26.1 Å². The monoisotopic (exact) mass is 342 g/mol. The lowest BCUT2D eigenvalue weighted by atomic mass is 10.1. The predicted octanol–water partition coefficient (Wildman–Crippen LogP) is 2.82. The van der Waals surface area contributed by atoms with E-state index in [9.17, 15) is 14.9 Å². The molecule has 2 aromatic carbocycles. The van der Waals surface area contributed by atoms with E-state index in [0.29, 0.717) is 30.2 Å². The number of nitro benzene ring substituents is 1. The van der Waals surface area contributed by atoms with Crippen molar-refractivity contribution in [3.05, 3.63) is 63.7 Å². The lowest BCUT2D eigenvalue weighted by Crippen LogP contribution is -2.41. The Kier molecular flexibility index (Phi) is 4.56. The van der Waals surface area contributed by atoms with Crippen LogP contribution in [0.3, 0.4) is 0 Å². The summed E-state index contributed by atoms with van der Waals surface area (Å²) in [5.41, 5.74) is 0.729. The third-order valence-corrected chi connectivity index (χ3v) is 4.04. The van der Waals surface area contributed by atoms with E-state index in [4.69, 9.17) is 9.47 Å². The van der Waals surface area contributed by atoms with Crippen molar-refractivity contribution in [2.24, 2.45) is 0 Å². The SMILES string of the molecule is Cc1ccc(C(=O)N(C)C[C@H]2COc3ccccc3O2)cc1[N+](=O)[O-]. The first-order chi connectivity index (χ1) is 12.0. The van der Waals surface area contributed by atoms with Crippen molar-refractivity contribution in [3.63, 3.8) is 0 Å². The summed E-state index contributed by atoms with van der Waals surface area (Å²) in [5.74, 6) is 1.03. The van der Waals surface area contributed by atoms with Gasteiger partial charge in [0, 0.05) is 24.2 Å². The number of nitro groups is 1. The van der Waals surface area contributed by atoms with Crippen LogP contribution in [0.5, 0.6) is 11.5 Å². The number of carbonyl (C=O) groups excluding carboxylic acids is 1. The number of benzene rings is 2. The molecular formula is C18H18N2O5. The van der Waals surface area contributed by atoms with Crippen molar-refractivity contribution < 1.29 is 19.2 Å². The Bertz CT molecular complexity index is 821. The summed E-state index contributed by atoms with van der Waals surface area (Å²) in [7, 11) is 1.64. The summed E-state index contributed by atoms with van der Waals surface area (Å²) >= 11 is 0. The van der Waals surface area contributed by atoms with Crippen LogP contribution in [-0.2, 0) is 0 Å². The zero-order valence-corrected chi connectivity index (χ0v) is 14.0. The maximum Gasteiger partial charge on any atom is 0.273 e. The fraction of sp³-hybridized carbons (Fsp3) is 0.278. The van der Waals surface area contributed by atoms with Gasteiger partial charge in [0.05, 0.1) is 11.5 Å². The highest BCUT2D eigenvalue weighted by atomic mass is 16.6.